The molecule has 4 atom stereocenters. The molecule has 3 aliphatic carbocycles. The molecule has 0 nitrogen and oxygen atoms in total. The van der Waals surface area contributed by atoms with Gasteiger partial charge in [-0.25, -0.2) is 0 Å². The topological polar surface area (TPSA) is 0 Å². The average Bonchev–Trinajstić information content (AvgIpc) is 3.41. The predicted molar refractivity (Wildman–Crippen MR) is 225 cm³/mol. The summed E-state index contributed by atoms with van der Waals surface area (Å²) >= 11 is -2.92. The van der Waals surface area contributed by atoms with Crippen molar-refractivity contribution in [1.29, 1.82) is 0 Å². The Kier molecular flexibility index (Phi) is 9.74. The van der Waals surface area contributed by atoms with Crippen molar-refractivity contribution in [2.45, 2.75) is 84.1 Å². The van der Waals surface area contributed by atoms with E-state index in [0.29, 0.717) is 8.45 Å². The molecule has 1 aliphatic heterocycles. The number of rotatable bonds is 4. The summed E-state index contributed by atoms with van der Waals surface area (Å²) in [6.45, 7) is 15.1. The molecular formula is C52H52Cl2Ti. The van der Waals surface area contributed by atoms with E-state index in [4.69, 9.17) is 0 Å². The summed E-state index contributed by atoms with van der Waals surface area (Å²) in [5.41, 5.74) is 15.5. The SMILES string of the molecule is CC(C)(C)C1=Cc2c(-c3cccc4ccccc34)cccc2[CH]1[Ti+2]1([CH]2C(C(C)(C)C)=Cc3c(-c4cccc5ccccc45)cccc32)[CH]2CCCC[CH]21.[Cl-].[Cl-]. The Morgan fingerprint density at radius 3 is 1.22 bits per heavy atom. The van der Waals surface area contributed by atoms with Crippen molar-refractivity contribution in [3.05, 3.63) is 155 Å². The van der Waals surface area contributed by atoms with Crippen LogP contribution in [0.5, 0.6) is 0 Å². The number of benzene rings is 6. The molecule has 55 heavy (non-hydrogen) atoms. The Labute approximate surface area is 344 Å². The van der Waals surface area contributed by atoms with E-state index >= 15 is 0 Å². The minimum Gasteiger partial charge on any atom is -1.00 e. The maximum Gasteiger partial charge on any atom is -1.00 e. The van der Waals surface area contributed by atoms with E-state index in [2.05, 4.69) is 175 Å². The van der Waals surface area contributed by atoms with Gasteiger partial charge in [-0.05, 0) is 0 Å². The van der Waals surface area contributed by atoms with Crippen molar-refractivity contribution in [1.82, 2.24) is 0 Å². The van der Waals surface area contributed by atoms with Crippen LogP contribution in [-0.4, -0.2) is 0 Å². The number of halogens is 2. The van der Waals surface area contributed by atoms with Crippen molar-refractivity contribution in [3.63, 3.8) is 0 Å². The molecule has 0 spiro atoms. The minimum absolute atomic E-state index is 0. The summed E-state index contributed by atoms with van der Waals surface area (Å²) in [7, 11) is 0. The molecule has 0 radical (unpaired) electrons. The molecule has 4 aliphatic rings. The van der Waals surface area contributed by atoms with Crippen LogP contribution in [0.4, 0.5) is 0 Å². The van der Waals surface area contributed by atoms with Crippen LogP contribution in [-0.2, 0) is 16.6 Å². The first-order valence-corrected chi connectivity index (χ1v) is 23.9. The third-order valence-electron chi connectivity index (χ3n) is 14.0. The van der Waals surface area contributed by atoms with Crippen LogP contribution in [0.15, 0.2) is 132 Å². The van der Waals surface area contributed by atoms with Gasteiger partial charge in [0.05, 0.1) is 0 Å². The summed E-state index contributed by atoms with van der Waals surface area (Å²) in [5, 5.41) is 5.36. The minimum atomic E-state index is -2.92. The molecule has 10 rings (SSSR count). The first kappa shape index (κ1) is 38.5. The van der Waals surface area contributed by atoms with Crippen LogP contribution in [0.1, 0.15) is 97.9 Å². The van der Waals surface area contributed by atoms with E-state index in [-0.39, 0.29) is 35.6 Å². The fraction of sp³-hybridized carbons (Fsp3) is 0.308. The van der Waals surface area contributed by atoms with Crippen LogP contribution >= 0.6 is 0 Å². The quantitative estimate of drug-likeness (QED) is 0.156. The Morgan fingerprint density at radius 2 is 0.800 bits per heavy atom. The van der Waals surface area contributed by atoms with E-state index < -0.39 is 16.6 Å². The van der Waals surface area contributed by atoms with Gasteiger partial charge in [-0.3, -0.25) is 0 Å². The second-order valence-electron chi connectivity index (χ2n) is 18.7. The maximum atomic E-state index is 2.72. The van der Waals surface area contributed by atoms with E-state index in [1.54, 1.807) is 22.3 Å². The van der Waals surface area contributed by atoms with Gasteiger partial charge in [0.1, 0.15) is 0 Å². The molecule has 278 valence electrons. The molecule has 6 aromatic rings. The first-order valence-electron chi connectivity index (χ1n) is 20.2. The van der Waals surface area contributed by atoms with Crippen LogP contribution in [0, 0.1) is 10.8 Å². The zero-order chi connectivity index (χ0) is 36.3. The molecule has 0 N–H and O–H groups in total. The summed E-state index contributed by atoms with van der Waals surface area (Å²) in [6, 6.07) is 46.5. The molecule has 1 saturated carbocycles. The summed E-state index contributed by atoms with van der Waals surface area (Å²) < 4.78 is 2.95. The van der Waals surface area contributed by atoms with Crippen molar-refractivity contribution >= 4 is 33.7 Å². The van der Waals surface area contributed by atoms with E-state index in [9.17, 15) is 0 Å². The summed E-state index contributed by atoms with van der Waals surface area (Å²) in [6.07, 6.45) is 11.1. The predicted octanol–water partition coefficient (Wildman–Crippen LogP) is 9.32. The molecule has 0 aromatic heterocycles. The normalized spacial score (nSPS) is 22.7. The van der Waals surface area contributed by atoms with Gasteiger partial charge in [0.15, 0.2) is 0 Å². The molecule has 2 fully saturated rings. The van der Waals surface area contributed by atoms with Crippen LogP contribution < -0.4 is 24.8 Å². The second-order valence-corrected chi connectivity index (χ2v) is 26.0. The largest absolute Gasteiger partial charge is 1.00 e. The van der Waals surface area contributed by atoms with Crippen molar-refractivity contribution in [2.24, 2.45) is 10.8 Å². The Bertz CT molecular complexity index is 2340. The molecule has 3 heteroatoms. The van der Waals surface area contributed by atoms with Gasteiger partial charge in [0, 0.05) is 0 Å². The summed E-state index contributed by atoms with van der Waals surface area (Å²) in [5.74, 6) is 0. The van der Waals surface area contributed by atoms with Crippen molar-refractivity contribution in [2.75, 3.05) is 0 Å². The third kappa shape index (κ3) is 5.80. The molecule has 1 saturated heterocycles. The van der Waals surface area contributed by atoms with Crippen LogP contribution in [0.2, 0.25) is 8.45 Å². The number of fused-ring (bicyclic) bond motifs is 5. The van der Waals surface area contributed by atoms with Crippen molar-refractivity contribution < 1.29 is 41.4 Å². The average molecular weight is 796 g/mol. The molecule has 6 aromatic carbocycles. The molecule has 0 bridgehead atoms. The van der Waals surface area contributed by atoms with Crippen molar-refractivity contribution in [3.8, 4) is 22.3 Å². The van der Waals surface area contributed by atoms with Crippen LogP contribution in [0.25, 0.3) is 56.0 Å². The van der Waals surface area contributed by atoms with Gasteiger partial charge in [-0.1, -0.05) is 0 Å². The molecular weight excluding hydrogens is 743 g/mol. The van der Waals surface area contributed by atoms with E-state index in [0.717, 1.165) is 8.45 Å². The number of hydrogen-bond donors (Lipinski definition) is 0. The monoisotopic (exact) mass is 794 g/mol. The first-order chi connectivity index (χ1) is 25.6. The standard InChI is InChI=1S/2C23H21.C6H10.2ClH.Ti/c2*1-23(2,3)18-14-17-10-7-13-21(22(17)15-18)20-12-6-9-16-8-4-5-11-19(16)20;1-2-4-6-5-3-1;;;/h2*4-15H,1-3H3;1-2H,3-6H2;2*1H;/q;;;;;+2/p-2. The fourth-order valence-electron chi connectivity index (χ4n) is 11.8. The zero-order valence-corrected chi connectivity index (χ0v) is 36.2. The second kappa shape index (κ2) is 13.9. The zero-order valence-electron chi connectivity index (χ0n) is 33.1. The molecule has 1 heterocycles. The molecule has 0 amide bonds. The third-order valence-corrected chi connectivity index (χ3v) is 24.6. The summed E-state index contributed by atoms with van der Waals surface area (Å²) in [4.78, 5) is 0. The van der Waals surface area contributed by atoms with Crippen LogP contribution in [0.3, 0.4) is 0 Å². The van der Waals surface area contributed by atoms with Gasteiger partial charge in [-0.2, -0.15) is 0 Å². The Morgan fingerprint density at radius 1 is 0.436 bits per heavy atom. The van der Waals surface area contributed by atoms with Gasteiger partial charge in [0.25, 0.3) is 0 Å². The van der Waals surface area contributed by atoms with Gasteiger partial charge < -0.3 is 24.8 Å². The number of hydrogen-bond acceptors (Lipinski definition) is 0. The number of allylic oxidation sites excluding steroid dienone is 2. The van der Waals surface area contributed by atoms with Gasteiger partial charge in [0.2, 0.25) is 0 Å². The van der Waals surface area contributed by atoms with E-state index in [1.807, 2.05) is 0 Å². The van der Waals surface area contributed by atoms with E-state index in [1.165, 1.54) is 80.6 Å². The van der Waals surface area contributed by atoms with Gasteiger partial charge in [-0.15, -0.1) is 0 Å². The van der Waals surface area contributed by atoms with Gasteiger partial charge >= 0.3 is 322 Å². The maximum absolute atomic E-state index is 2.92. The Balaban J connectivity index is 0.00000214. The Hall–Kier alpha value is -3.39. The smallest absolute Gasteiger partial charge is 1.00 e. The molecule has 4 unspecified atom stereocenters. The fourth-order valence-corrected chi connectivity index (χ4v) is 26.6.